The van der Waals surface area contributed by atoms with Gasteiger partial charge in [-0.3, -0.25) is 9.59 Å². The summed E-state index contributed by atoms with van der Waals surface area (Å²) in [7, 11) is 0. The summed E-state index contributed by atoms with van der Waals surface area (Å²) in [4.78, 5) is 24.6. The minimum atomic E-state index is -0.844. The summed E-state index contributed by atoms with van der Waals surface area (Å²) < 4.78 is 5.47. The SMILES string of the molecule is CCCCC/C=C\CCCCCCCC(=O)OCCCCCCCCCCCCCCCCCCCCCCCCCCCC(=O)NC(CO)C(O)/C=C/CCCCCCCCCCCCCCCCCCCCCCC. The lowest BCUT2D eigenvalue weighted by Gasteiger charge is -2.20. The van der Waals surface area contributed by atoms with Gasteiger partial charge in [-0.1, -0.05) is 346 Å². The number of rotatable bonds is 66. The van der Waals surface area contributed by atoms with Crippen molar-refractivity contribution >= 4 is 11.9 Å². The van der Waals surface area contributed by atoms with E-state index in [1.165, 1.54) is 321 Å². The molecule has 0 aromatic carbocycles. The van der Waals surface area contributed by atoms with E-state index in [0.717, 1.165) is 44.9 Å². The molecule has 0 saturated heterocycles. The summed E-state index contributed by atoms with van der Waals surface area (Å²) in [6.45, 7) is 4.92. The molecule has 2 atom stereocenters. The second-order valence-electron chi connectivity index (χ2n) is 24.2. The van der Waals surface area contributed by atoms with Crippen molar-refractivity contribution in [1.29, 1.82) is 0 Å². The van der Waals surface area contributed by atoms with E-state index < -0.39 is 12.1 Å². The van der Waals surface area contributed by atoms with Crippen molar-refractivity contribution in [2.24, 2.45) is 0 Å². The number of carbonyl (C=O) groups is 2. The lowest BCUT2D eigenvalue weighted by molar-refractivity contribution is -0.143. The number of esters is 1. The molecule has 0 aliphatic carbocycles. The molecule has 0 fully saturated rings. The number of aliphatic hydroxyl groups excluding tert-OH is 2. The van der Waals surface area contributed by atoms with Crippen LogP contribution in [0, 0.1) is 0 Å². The van der Waals surface area contributed by atoms with Crippen LogP contribution < -0.4 is 5.32 Å². The Kier molecular flexibility index (Phi) is 65.4. The van der Waals surface area contributed by atoms with Gasteiger partial charge in [0.1, 0.15) is 0 Å². The van der Waals surface area contributed by atoms with Crippen LogP contribution in [0.5, 0.6) is 0 Å². The molecule has 1 amide bonds. The van der Waals surface area contributed by atoms with E-state index in [1.807, 2.05) is 6.08 Å². The Bertz CT molecular complexity index is 1200. The van der Waals surface area contributed by atoms with E-state index in [-0.39, 0.29) is 18.5 Å². The van der Waals surface area contributed by atoms with Crippen molar-refractivity contribution in [3.63, 3.8) is 0 Å². The van der Waals surface area contributed by atoms with Crippen LogP contribution in [0.1, 0.15) is 393 Å². The van der Waals surface area contributed by atoms with Crippen LogP contribution in [-0.4, -0.2) is 47.4 Å². The lowest BCUT2D eigenvalue weighted by Crippen LogP contribution is -2.45. The molecule has 0 saturated carbocycles. The average Bonchev–Trinajstić information content (AvgIpc) is 3.43. The number of ether oxygens (including phenoxy) is 1. The molecule has 0 rings (SSSR count). The quantitative estimate of drug-likeness (QED) is 0.0320. The Morgan fingerprint density at radius 2 is 0.610 bits per heavy atom. The van der Waals surface area contributed by atoms with Crippen molar-refractivity contribution in [1.82, 2.24) is 5.32 Å². The fourth-order valence-corrected chi connectivity index (χ4v) is 11.1. The zero-order valence-corrected chi connectivity index (χ0v) is 52.2. The summed E-state index contributed by atoms with van der Waals surface area (Å²) in [5.74, 6) is -0.0554. The largest absolute Gasteiger partial charge is 0.466 e. The average molecular weight is 1080 g/mol. The molecule has 77 heavy (non-hydrogen) atoms. The van der Waals surface area contributed by atoms with Crippen LogP contribution in [0.2, 0.25) is 0 Å². The summed E-state index contributed by atoms with van der Waals surface area (Å²) in [6, 6.07) is -0.628. The van der Waals surface area contributed by atoms with Crippen molar-refractivity contribution < 1.29 is 24.5 Å². The zero-order valence-electron chi connectivity index (χ0n) is 52.2. The molecular formula is C71H137NO5. The standard InChI is InChI=1S/C71H137NO5/c1-3-5-7-9-11-13-15-17-18-19-20-21-25-28-31-34-37-40-43-47-51-55-59-63-69(74)68(67-73)72-70(75)64-60-56-52-48-44-41-38-35-32-29-26-23-22-24-27-30-33-36-39-42-46-50-54-58-62-66-77-71(76)65-61-57-53-49-45-16-14-12-10-8-6-4-2/h12,14,59,63,68-69,73-74H,3-11,13,15-58,60-62,64-67H2,1-2H3,(H,72,75)/b14-12-,63-59+. The molecule has 0 heterocycles. The highest BCUT2D eigenvalue weighted by atomic mass is 16.5. The normalized spacial score (nSPS) is 12.6. The van der Waals surface area contributed by atoms with E-state index in [4.69, 9.17) is 4.74 Å². The first-order valence-electron chi connectivity index (χ1n) is 35.1. The number of hydrogen-bond acceptors (Lipinski definition) is 5. The van der Waals surface area contributed by atoms with Crippen LogP contribution in [0.15, 0.2) is 24.3 Å². The monoisotopic (exact) mass is 1080 g/mol. The third-order valence-electron chi connectivity index (χ3n) is 16.5. The molecule has 0 bridgehead atoms. The molecule has 0 aliphatic rings. The molecule has 6 nitrogen and oxygen atoms in total. The van der Waals surface area contributed by atoms with Gasteiger partial charge in [0.05, 0.1) is 25.4 Å². The van der Waals surface area contributed by atoms with Crippen LogP contribution >= 0.6 is 0 Å². The molecule has 0 aromatic rings. The maximum atomic E-state index is 12.5. The van der Waals surface area contributed by atoms with Gasteiger partial charge < -0.3 is 20.3 Å². The predicted octanol–water partition coefficient (Wildman–Crippen LogP) is 22.5. The van der Waals surface area contributed by atoms with E-state index in [2.05, 4.69) is 31.3 Å². The van der Waals surface area contributed by atoms with Crippen molar-refractivity contribution in [3.05, 3.63) is 24.3 Å². The van der Waals surface area contributed by atoms with Crippen molar-refractivity contribution in [3.8, 4) is 0 Å². The molecule has 3 N–H and O–H groups in total. The molecule has 0 radical (unpaired) electrons. The first kappa shape index (κ1) is 75.3. The molecule has 6 heteroatoms. The van der Waals surface area contributed by atoms with Crippen LogP contribution in [0.25, 0.3) is 0 Å². The van der Waals surface area contributed by atoms with E-state index in [9.17, 15) is 19.8 Å². The molecule has 0 aliphatic heterocycles. The summed E-state index contributed by atoms with van der Waals surface area (Å²) in [6.07, 6.45) is 84.0. The number of carbonyl (C=O) groups excluding carboxylic acids is 2. The zero-order chi connectivity index (χ0) is 55.7. The van der Waals surface area contributed by atoms with Crippen LogP contribution in [0.4, 0.5) is 0 Å². The van der Waals surface area contributed by atoms with Gasteiger partial charge in [-0.25, -0.2) is 0 Å². The summed E-state index contributed by atoms with van der Waals surface area (Å²) in [5.41, 5.74) is 0. The van der Waals surface area contributed by atoms with Gasteiger partial charge in [0, 0.05) is 12.8 Å². The highest BCUT2D eigenvalue weighted by Crippen LogP contribution is 2.19. The maximum Gasteiger partial charge on any atom is 0.305 e. The first-order chi connectivity index (χ1) is 38.0. The Balaban J connectivity index is 3.40. The van der Waals surface area contributed by atoms with E-state index in [1.54, 1.807) is 6.08 Å². The Morgan fingerprint density at radius 1 is 0.351 bits per heavy atom. The maximum absolute atomic E-state index is 12.5. The highest BCUT2D eigenvalue weighted by Gasteiger charge is 2.18. The van der Waals surface area contributed by atoms with Gasteiger partial charge in [-0.05, 0) is 57.8 Å². The molecular weight excluding hydrogens is 947 g/mol. The first-order valence-corrected chi connectivity index (χ1v) is 35.1. The lowest BCUT2D eigenvalue weighted by atomic mass is 10.0. The number of aliphatic hydroxyl groups is 2. The molecule has 2 unspecified atom stereocenters. The van der Waals surface area contributed by atoms with Gasteiger partial charge in [0.25, 0.3) is 0 Å². The van der Waals surface area contributed by atoms with Crippen LogP contribution in [0.3, 0.4) is 0 Å². The van der Waals surface area contributed by atoms with Gasteiger partial charge in [-0.15, -0.1) is 0 Å². The Hall–Kier alpha value is -1.66. The summed E-state index contributed by atoms with van der Waals surface area (Å²) >= 11 is 0. The second kappa shape index (κ2) is 66.8. The number of nitrogens with one attached hydrogen (secondary N) is 1. The molecule has 0 spiro atoms. The summed E-state index contributed by atoms with van der Waals surface area (Å²) in [5, 5.41) is 23.3. The predicted molar refractivity (Wildman–Crippen MR) is 338 cm³/mol. The minimum absolute atomic E-state index is 0.00653. The fourth-order valence-electron chi connectivity index (χ4n) is 11.1. The Labute approximate surface area is 481 Å². The second-order valence-corrected chi connectivity index (χ2v) is 24.2. The minimum Gasteiger partial charge on any atom is -0.466 e. The van der Waals surface area contributed by atoms with Crippen molar-refractivity contribution in [2.45, 2.75) is 405 Å². The van der Waals surface area contributed by atoms with Gasteiger partial charge in [0.2, 0.25) is 5.91 Å². The molecule has 0 aromatic heterocycles. The topological polar surface area (TPSA) is 95.9 Å². The van der Waals surface area contributed by atoms with Gasteiger partial charge in [0.15, 0.2) is 0 Å². The van der Waals surface area contributed by atoms with E-state index in [0.29, 0.717) is 19.4 Å². The van der Waals surface area contributed by atoms with Crippen LogP contribution in [-0.2, 0) is 14.3 Å². The smallest absolute Gasteiger partial charge is 0.305 e. The number of hydrogen-bond donors (Lipinski definition) is 3. The molecule has 456 valence electrons. The van der Waals surface area contributed by atoms with Crippen molar-refractivity contribution in [2.75, 3.05) is 13.2 Å². The third kappa shape index (κ3) is 63.4. The number of unbranched alkanes of at least 4 members (excludes halogenated alkanes) is 53. The number of amides is 1. The fraction of sp³-hybridized carbons (Fsp3) is 0.915. The Morgan fingerprint density at radius 3 is 0.948 bits per heavy atom. The van der Waals surface area contributed by atoms with Gasteiger partial charge >= 0.3 is 5.97 Å². The number of allylic oxidation sites excluding steroid dienone is 3. The van der Waals surface area contributed by atoms with Gasteiger partial charge in [-0.2, -0.15) is 0 Å². The van der Waals surface area contributed by atoms with E-state index >= 15 is 0 Å². The third-order valence-corrected chi connectivity index (χ3v) is 16.5. The highest BCUT2D eigenvalue weighted by molar-refractivity contribution is 5.76.